The highest BCUT2D eigenvalue weighted by Crippen LogP contribution is 2.21. The van der Waals surface area contributed by atoms with Crippen LogP contribution in [-0.2, 0) is 13.6 Å². The lowest BCUT2D eigenvalue weighted by Crippen LogP contribution is -2.43. The fourth-order valence-corrected chi connectivity index (χ4v) is 2.56. The molecule has 5 nitrogen and oxygen atoms in total. The molecule has 5 heteroatoms. The number of rotatable bonds is 3. The van der Waals surface area contributed by atoms with Gasteiger partial charge in [-0.2, -0.15) is 0 Å². The highest BCUT2D eigenvalue weighted by molar-refractivity contribution is 5.77. The predicted octanol–water partition coefficient (Wildman–Crippen LogP) is 0.987. The number of imidazole rings is 1. The van der Waals surface area contributed by atoms with E-state index in [-0.39, 0.29) is 0 Å². The summed E-state index contributed by atoms with van der Waals surface area (Å²) in [5.74, 6) is 1.99. The van der Waals surface area contributed by atoms with Crippen LogP contribution in [0.5, 0.6) is 5.75 Å². The second-order valence-electron chi connectivity index (χ2n) is 4.97. The van der Waals surface area contributed by atoms with Gasteiger partial charge in [0.25, 0.3) is 0 Å². The third kappa shape index (κ3) is 2.43. The van der Waals surface area contributed by atoms with Gasteiger partial charge in [0.2, 0.25) is 0 Å². The molecule has 1 aliphatic heterocycles. The van der Waals surface area contributed by atoms with Gasteiger partial charge in [-0.05, 0) is 12.1 Å². The van der Waals surface area contributed by atoms with Gasteiger partial charge in [-0.25, -0.2) is 4.98 Å². The van der Waals surface area contributed by atoms with Crippen LogP contribution < -0.4 is 10.1 Å². The molecule has 0 bridgehead atoms. The van der Waals surface area contributed by atoms with Crippen molar-refractivity contribution in [3.63, 3.8) is 0 Å². The molecule has 2 aromatic rings. The van der Waals surface area contributed by atoms with Crippen molar-refractivity contribution in [3.05, 3.63) is 24.0 Å². The molecule has 1 N–H and O–H groups in total. The van der Waals surface area contributed by atoms with Gasteiger partial charge in [-0.15, -0.1) is 0 Å². The quantitative estimate of drug-likeness (QED) is 0.893. The first-order chi connectivity index (χ1) is 9.28. The van der Waals surface area contributed by atoms with Crippen molar-refractivity contribution in [2.75, 3.05) is 33.3 Å². The molecule has 0 spiro atoms. The molecule has 0 aliphatic carbocycles. The Morgan fingerprint density at radius 1 is 1.32 bits per heavy atom. The molecule has 1 fully saturated rings. The van der Waals surface area contributed by atoms with Crippen molar-refractivity contribution in [3.8, 4) is 5.75 Å². The molecule has 0 amide bonds. The monoisotopic (exact) mass is 260 g/mol. The third-order valence-corrected chi connectivity index (χ3v) is 3.76. The molecule has 2 heterocycles. The van der Waals surface area contributed by atoms with E-state index in [9.17, 15) is 0 Å². The number of benzene rings is 1. The zero-order chi connectivity index (χ0) is 13.2. The first-order valence-electron chi connectivity index (χ1n) is 6.70. The summed E-state index contributed by atoms with van der Waals surface area (Å²) in [5.41, 5.74) is 2.16. The van der Waals surface area contributed by atoms with Gasteiger partial charge in [0, 0.05) is 39.3 Å². The SMILES string of the molecule is COc1ccc2nc(CN3CCNCC3)n(C)c2c1. The van der Waals surface area contributed by atoms with Gasteiger partial charge in [-0.1, -0.05) is 0 Å². The van der Waals surface area contributed by atoms with Crippen molar-refractivity contribution in [2.45, 2.75) is 6.54 Å². The predicted molar refractivity (Wildman–Crippen MR) is 75.4 cm³/mol. The summed E-state index contributed by atoms with van der Waals surface area (Å²) in [6.07, 6.45) is 0. The number of ether oxygens (including phenoxy) is 1. The van der Waals surface area contributed by atoms with Crippen molar-refractivity contribution >= 4 is 11.0 Å². The van der Waals surface area contributed by atoms with Crippen molar-refractivity contribution in [2.24, 2.45) is 7.05 Å². The van der Waals surface area contributed by atoms with Crippen LogP contribution in [0.25, 0.3) is 11.0 Å². The summed E-state index contributed by atoms with van der Waals surface area (Å²) in [6.45, 7) is 5.23. The van der Waals surface area contributed by atoms with Gasteiger partial charge < -0.3 is 14.6 Å². The standard InChI is InChI=1S/C14H20N4O/c1-17-13-9-11(19-2)3-4-12(13)16-14(17)10-18-7-5-15-6-8-18/h3-4,9,15H,5-8,10H2,1-2H3. The molecule has 1 saturated heterocycles. The van der Waals surface area contributed by atoms with Crippen LogP contribution in [0.2, 0.25) is 0 Å². The molecule has 19 heavy (non-hydrogen) atoms. The fraction of sp³-hybridized carbons (Fsp3) is 0.500. The Hall–Kier alpha value is -1.59. The molecule has 0 radical (unpaired) electrons. The molecule has 102 valence electrons. The average Bonchev–Trinajstić information content (AvgIpc) is 2.76. The maximum absolute atomic E-state index is 5.28. The highest BCUT2D eigenvalue weighted by Gasteiger charge is 2.14. The lowest BCUT2D eigenvalue weighted by molar-refractivity contribution is 0.226. The van der Waals surface area contributed by atoms with E-state index in [1.165, 1.54) is 0 Å². The Labute approximate surface area is 113 Å². The molecule has 3 rings (SSSR count). The minimum atomic E-state index is 0.879. The molecular weight excluding hydrogens is 240 g/mol. The first-order valence-corrected chi connectivity index (χ1v) is 6.70. The van der Waals surface area contributed by atoms with E-state index in [0.717, 1.165) is 55.3 Å². The van der Waals surface area contributed by atoms with Gasteiger partial charge in [-0.3, -0.25) is 4.90 Å². The maximum Gasteiger partial charge on any atom is 0.123 e. The maximum atomic E-state index is 5.28. The number of piperazine rings is 1. The topological polar surface area (TPSA) is 42.3 Å². The Balaban J connectivity index is 1.88. The Bertz CT molecular complexity index is 572. The zero-order valence-corrected chi connectivity index (χ0v) is 11.5. The number of fused-ring (bicyclic) bond motifs is 1. The molecule has 0 saturated carbocycles. The van der Waals surface area contributed by atoms with Crippen LogP contribution in [-0.4, -0.2) is 47.7 Å². The number of methoxy groups -OCH3 is 1. The van der Waals surface area contributed by atoms with E-state index < -0.39 is 0 Å². The van der Waals surface area contributed by atoms with E-state index in [0.29, 0.717) is 0 Å². The van der Waals surface area contributed by atoms with Gasteiger partial charge in [0.1, 0.15) is 11.6 Å². The molecule has 0 unspecified atom stereocenters. The summed E-state index contributed by atoms with van der Waals surface area (Å²) in [7, 11) is 3.77. The van der Waals surface area contributed by atoms with Crippen LogP contribution in [0.1, 0.15) is 5.82 Å². The van der Waals surface area contributed by atoms with Crippen LogP contribution in [0.4, 0.5) is 0 Å². The summed E-state index contributed by atoms with van der Waals surface area (Å²) in [5, 5.41) is 3.37. The lowest BCUT2D eigenvalue weighted by Gasteiger charge is -2.26. The van der Waals surface area contributed by atoms with E-state index in [2.05, 4.69) is 21.8 Å². The number of hydrogen-bond acceptors (Lipinski definition) is 4. The Morgan fingerprint density at radius 2 is 2.11 bits per heavy atom. The first kappa shape index (κ1) is 12.4. The number of nitrogens with one attached hydrogen (secondary N) is 1. The minimum absolute atomic E-state index is 0.879. The zero-order valence-electron chi connectivity index (χ0n) is 11.5. The lowest BCUT2D eigenvalue weighted by atomic mass is 10.3. The molecule has 1 aromatic carbocycles. The van der Waals surface area contributed by atoms with Crippen LogP contribution in [0.15, 0.2) is 18.2 Å². The van der Waals surface area contributed by atoms with E-state index in [1.807, 2.05) is 18.2 Å². The summed E-state index contributed by atoms with van der Waals surface area (Å²) < 4.78 is 7.44. The van der Waals surface area contributed by atoms with Crippen molar-refractivity contribution < 1.29 is 4.74 Å². The van der Waals surface area contributed by atoms with Gasteiger partial charge in [0.15, 0.2) is 0 Å². The minimum Gasteiger partial charge on any atom is -0.497 e. The fourth-order valence-electron chi connectivity index (χ4n) is 2.56. The summed E-state index contributed by atoms with van der Waals surface area (Å²) in [6, 6.07) is 6.03. The number of hydrogen-bond donors (Lipinski definition) is 1. The van der Waals surface area contributed by atoms with E-state index >= 15 is 0 Å². The molecular formula is C14H20N4O. The Morgan fingerprint density at radius 3 is 2.84 bits per heavy atom. The van der Waals surface area contributed by atoms with E-state index in [1.54, 1.807) is 7.11 Å². The highest BCUT2D eigenvalue weighted by atomic mass is 16.5. The molecule has 0 atom stereocenters. The van der Waals surface area contributed by atoms with Crippen LogP contribution in [0.3, 0.4) is 0 Å². The average molecular weight is 260 g/mol. The second kappa shape index (κ2) is 5.19. The largest absolute Gasteiger partial charge is 0.497 e. The van der Waals surface area contributed by atoms with Gasteiger partial charge in [0.05, 0.1) is 24.7 Å². The van der Waals surface area contributed by atoms with Gasteiger partial charge >= 0.3 is 0 Å². The van der Waals surface area contributed by atoms with Crippen LogP contribution in [0, 0.1) is 0 Å². The van der Waals surface area contributed by atoms with Crippen molar-refractivity contribution in [1.82, 2.24) is 19.8 Å². The molecule has 1 aliphatic rings. The summed E-state index contributed by atoms with van der Waals surface area (Å²) in [4.78, 5) is 7.17. The molecule has 1 aromatic heterocycles. The number of aryl methyl sites for hydroxylation is 1. The number of aromatic nitrogens is 2. The number of nitrogens with zero attached hydrogens (tertiary/aromatic N) is 3. The Kier molecular flexibility index (Phi) is 3.40. The van der Waals surface area contributed by atoms with Crippen molar-refractivity contribution in [1.29, 1.82) is 0 Å². The van der Waals surface area contributed by atoms with Crippen LogP contribution >= 0.6 is 0 Å². The van der Waals surface area contributed by atoms with E-state index in [4.69, 9.17) is 9.72 Å². The third-order valence-electron chi connectivity index (χ3n) is 3.76. The normalized spacial score (nSPS) is 16.9. The smallest absolute Gasteiger partial charge is 0.123 e. The summed E-state index contributed by atoms with van der Waals surface area (Å²) >= 11 is 0. The second-order valence-corrected chi connectivity index (χ2v) is 4.97.